The molecule has 0 amide bonds. The van der Waals surface area contributed by atoms with E-state index in [1.54, 1.807) is 0 Å². The van der Waals surface area contributed by atoms with E-state index in [9.17, 15) is 28.2 Å². The van der Waals surface area contributed by atoms with Gasteiger partial charge in [-0.1, -0.05) is 35.5 Å². The summed E-state index contributed by atoms with van der Waals surface area (Å²) in [4.78, 5) is 15.1. The highest BCUT2D eigenvalue weighted by molar-refractivity contribution is 6.31. The predicted molar refractivity (Wildman–Crippen MR) is 87.9 cm³/mol. The van der Waals surface area contributed by atoms with E-state index in [1.807, 2.05) is 0 Å². The minimum atomic E-state index is -4.67. The highest BCUT2D eigenvalue weighted by atomic mass is 35.5. The molecule has 0 fully saturated rings. The first-order valence-corrected chi connectivity index (χ1v) is 7.52. The lowest BCUT2D eigenvalue weighted by atomic mass is 10.0. The van der Waals surface area contributed by atoms with Gasteiger partial charge in [-0.3, -0.25) is 4.98 Å². The van der Waals surface area contributed by atoms with Crippen molar-refractivity contribution in [3.8, 4) is 5.75 Å². The van der Waals surface area contributed by atoms with Crippen LogP contribution in [0.1, 0.15) is 15.9 Å². The number of rotatable bonds is 3. The van der Waals surface area contributed by atoms with Crippen molar-refractivity contribution in [1.29, 1.82) is 0 Å². The lowest BCUT2D eigenvalue weighted by Gasteiger charge is -2.19. The van der Waals surface area contributed by atoms with E-state index in [4.69, 9.17) is 11.6 Å². The van der Waals surface area contributed by atoms with Crippen LogP contribution in [-0.2, 0) is 6.18 Å². The maximum atomic E-state index is 13.2. The van der Waals surface area contributed by atoms with E-state index in [1.165, 1.54) is 18.2 Å². The molecule has 0 bridgehead atoms. The van der Waals surface area contributed by atoms with Crippen molar-refractivity contribution in [3.05, 3.63) is 58.7 Å². The van der Waals surface area contributed by atoms with Crippen LogP contribution in [0.5, 0.6) is 5.75 Å². The molecule has 0 aliphatic heterocycles. The number of benzene rings is 2. The van der Waals surface area contributed by atoms with Crippen molar-refractivity contribution in [1.82, 2.24) is 4.98 Å². The SMILES string of the molecule is O=C(O)c1cnc2c(C(F)(F)F)cccc2c1Nc1cc(Cl)ccc1[O-]. The number of anilines is 2. The highest BCUT2D eigenvalue weighted by Gasteiger charge is 2.34. The first-order chi connectivity index (χ1) is 12.2. The summed E-state index contributed by atoms with van der Waals surface area (Å²) in [5.41, 5.74) is -2.06. The number of aromatic carboxylic acids is 1. The molecule has 0 atom stereocenters. The van der Waals surface area contributed by atoms with Crippen molar-refractivity contribution < 1.29 is 28.2 Å². The zero-order valence-corrected chi connectivity index (χ0v) is 13.5. The smallest absolute Gasteiger partial charge is 0.418 e. The fourth-order valence-corrected chi connectivity index (χ4v) is 2.66. The summed E-state index contributed by atoms with van der Waals surface area (Å²) in [5.74, 6) is -1.91. The molecule has 3 rings (SSSR count). The molecule has 1 aromatic heterocycles. The van der Waals surface area contributed by atoms with Gasteiger partial charge in [-0.05, 0) is 18.2 Å². The summed E-state index contributed by atoms with van der Waals surface area (Å²) >= 11 is 5.83. The topological polar surface area (TPSA) is 85.3 Å². The zero-order chi connectivity index (χ0) is 19.1. The van der Waals surface area contributed by atoms with Crippen molar-refractivity contribution in [2.24, 2.45) is 0 Å². The first kappa shape index (κ1) is 17.8. The molecule has 2 aromatic carbocycles. The molecule has 1 heterocycles. The lowest BCUT2D eigenvalue weighted by molar-refractivity contribution is -0.267. The maximum Gasteiger partial charge on any atom is 0.418 e. The molecule has 0 spiro atoms. The molecule has 134 valence electrons. The van der Waals surface area contributed by atoms with E-state index in [0.29, 0.717) is 0 Å². The zero-order valence-electron chi connectivity index (χ0n) is 12.8. The average Bonchev–Trinajstić information content (AvgIpc) is 2.56. The van der Waals surface area contributed by atoms with Crippen molar-refractivity contribution >= 4 is 39.8 Å². The Labute approximate surface area is 149 Å². The van der Waals surface area contributed by atoms with E-state index in [2.05, 4.69) is 10.3 Å². The number of carboxylic acid groups (broad SMARTS) is 1. The molecule has 5 nitrogen and oxygen atoms in total. The van der Waals surface area contributed by atoms with Crippen LogP contribution in [-0.4, -0.2) is 16.1 Å². The number of aromatic nitrogens is 1. The Kier molecular flexibility index (Phi) is 4.37. The van der Waals surface area contributed by atoms with Crippen LogP contribution >= 0.6 is 11.6 Å². The molecule has 0 aliphatic carbocycles. The number of para-hydroxylation sites is 1. The van der Waals surface area contributed by atoms with Gasteiger partial charge in [0.2, 0.25) is 0 Å². The van der Waals surface area contributed by atoms with Gasteiger partial charge in [-0.2, -0.15) is 13.2 Å². The summed E-state index contributed by atoms with van der Waals surface area (Å²) in [6, 6.07) is 7.05. The van der Waals surface area contributed by atoms with Crippen LogP contribution in [0.15, 0.2) is 42.6 Å². The number of hydrogen-bond donors (Lipinski definition) is 2. The van der Waals surface area contributed by atoms with Gasteiger partial charge in [0.05, 0.1) is 16.8 Å². The van der Waals surface area contributed by atoms with Crippen LogP contribution < -0.4 is 10.4 Å². The van der Waals surface area contributed by atoms with Crippen LogP contribution in [0, 0.1) is 0 Å². The van der Waals surface area contributed by atoms with Gasteiger partial charge in [0.1, 0.15) is 5.56 Å². The number of nitrogens with one attached hydrogen (secondary N) is 1. The van der Waals surface area contributed by atoms with E-state index >= 15 is 0 Å². The van der Waals surface area contributed by atoms with E-state index < -0.39 is 29.0 Å². The Morgan fingerprint density at radius 1 is 1.23 bits per heavy atom. The molecule has 0 aliphatic rings. The van der Waals surface area contributed by atoms with Crippen molar-refractivity contribution in [2.45, 2.75) is 6.18 Å². The number of fused-ring (bicyclic) bond motifs is 1. The third-order valence-corrected chi connectivity index (χ3v) is 3.87. The minimum absolute atomic E-state index is 0.0649. The van der Waals surface area contributed by atoms with E-state index in [0.717, 1.165) is 24.4 Å². The summed E-state index contributed by atoms with van der Waals surface area (Å²) in [6.07, 6.45) is -3.86. The Hall–Kier alpha value is -3.00. The van der Waals surface area contributed by atoms with Gasteiger partial charge in [0.15, 0.2) is 0 Å². The molecule has 2 N–H and O–H groups in total. The Morgan fingerprint density at radius 3 is 2.62 bits per heavy atom. The van der Waals surface area contributed by atoms with Crippen LogP contribution in [0.3, 0.4) is 0 Å². The first-order valence-electron chi connectivity index (χ1n) is 7.14. The quantitative estimate of drug-likeness (QED) is 0.701. The third-order valence-electron chi connectivity index (χ3n) is 3.63. The van der Waals surface area contributed by atoms with Crippen LogP contribution in [0.25, 0.3) is 10.9 Å². The van der Waals surface area contributed by atoms with Crippen LogP contribution in [0.2, 0.25) is 5.02 Å². The lowest BCUT2D eigenvalue weighted by Crippen LogP contribution is -2.10. The third kappa shape index (κ3) is 3.23. The minimum Gasteiger partial charge on any atom is -0.871 e. The van der Waals surface area contributed by atoms with Gasteiger partial charge in [-0.15, -0.1) is 0 Å². The second-order valence-corrected chi connectivity index (χ2v) is 5.75. The van der Waals surface area contributed by atoms with Gasteiger partial charge in [0.25, 0.3) is 0 Å². The molecule has 0 unspecified atom stereocenters. The number of hydrogen-bond acceptors (Lipinski definition) is 4. The normalized spacial score (nSPS) is 11.5. The number of nitrogens with zero attached hydrogens (tertiary/aromatic N) is 1. The Bertz CT molecular complexity index is 1020. The maximum absolute atomic E-state index is 13.2. The Morgan fingerprint density at radius 2 is 1.96 bits per heavy atom. The molecular weight excluding hydrogens is 373 g/mol. The summed E-state index contributed by atoms with van der Waals surface area (Å²) in [7, 11) is 0. The average molecular weight is 382 g/mol. The number of pyridine rings is 1. The monoisotopic (exact) mass is 381 g/mol. The van der Waals surface area contributed by atoms with Crippen LogP contribution in [0.4, 0.5) is 24.5 Å². The second kappa shape index (κ2) is 6.38. The summed E-state index contributed by atoms with van der Waals surface area (Å²) in [6.45, 7) is 0. The number of halogens is 4. The van der Waals surface area contributed by atoms with Gasteiger partial charge in [-0.25, -0.2) is 4.79 Å². The predicted octanol–water partition coefficient (Wildman–Crippen LogP) is 4.42. The molecule has 9 heteroatoms. The van der Waals surface area contributed by atoms with Crippen molar-refractivity contribution in [3.63, 3.8) is 0 Å². The standard InChI is InChI=1S/C17H10ClF3N2O3/c18-8-4-5-13(24)12(6-8)23-14-9-2-1-3-11(17(19,20)21)15(9)22-7-10(14)16(25)26/h1-7,24H,(H,22,23)(H,25,26)/p-1. The largest absolute Gasteiger partial charge is 0.871 e. The molecule has 0 saturated heterocycles. The fourth-order valence-electron chi connectivity index (χ4n) is 2.48. The molecule has 0 radical (unpaired) electrons. The molecule has 26 heavy (non-hydrogen) atoms. The summed E-state index contributed by atoms with van der Waals surface area (Å²) < 4.78 is 39.6. The number of alkyl halides is 3. The van der Waals surface area contributed by atoms with Crippen molar-refractivity contribution in [2.75, 3.05) is 5.32 Å². The molecule has 0 saturated carbocycles. The summed E-state index contributed by atoms with van der Waals surface area (Å²) in [5, 5.41) is 24.0. The van der Waals surface area contributed by atoms with Gasteiger partial charge in [0, 0.05) is 22.3 Å². The number of carbonyl (C=O) groups is 1. The van der Waals surface area contributed by atoms with Gasteiger partial charge < -0.3 is 15.5 Å². The fraction of sp³-hybridized carbons (Fsp3) is 0.0588. The van der Waals surface area contributed by atoms with Gasteiger partial charge >= 0.3 is 12.1 Å². The molecule has 3 aromatic rings. The van der Waals surface area contributed by atoms with E-state index in [-0.39, 0.29) is 27.3 Å². The Balaban J connectivity index is 2.29. The highest BCUT2D eigenvalue weighted by Crippen LogP contribution is 2.38. The second-order valence-electron chi connectivity index (χ2n) is 5.32. The number of carboxylic acids is 1. The molecular formula is C17H9ClF3N2O3-.